The third-order valence-corrected chi connectivity index (χ3v) is 4.72. The summed E-state index contributed by atoms with van der Waals surface area (Å²) >= 11 is 4.90. The van der Waals surface area contributed by atoms with Gasteiger partial charge in [-0.2, -0.15) is 0 Å². The van der Waals surface area contributed by atoms with E-state index in [2.05, 4.69) is 26.2 Å². The Morgan fingerprint density at radius 1 is 1.56 bits per heavy atom. The third-order valence-electron chi connectivity index (χ3n) is 1.95. The van der Waals surface area contributed by atoms with Gasteiger partial charge in [0.15, 0.2) is 0 Å². The Labute approximate surface area is 109 Å². The average molecular weight is 327 g/mol. The fourth-order valence-electron chi connectivity index (χ4n) is 1.47. The van der Waals surface area contributed by atoms with Gasteiger partial charge in [0.25, 0.3) is 0 Å². The zero-order valence-corrected chi connectivity index (χ0v) is 12.6. The minimum atomic E-state index is -2.93. The number of hydrogen-bond donors (Lipinski definition) is 1. The van der Waals surface area contributed by atoms with Crippen molar-refractivity contribution in [1.29, 1.82) is 0 Å². The molecule has 0 saturated carbocycles. The average Bonchev–Trinajstić information content (AvgIpc) is 2.47. The summed E-state index contributed by atoms with van der Waals surface area (Å²) in [6.45, 7) is 3.84. The lowest BCUT2D eigenvalue weighted by Gasteiger charge is -2.17. The first-order chi connectivity index (χ1) is 7.28. The number of aromatic nitrogens is 1. The highest BCUT2D eigenvalue weighted by Gasteiger charge is 2.15. The van der Waals surface area contributed by atoms with Crippen molar-refractivity contribution < 1.29 is 8.42 Å². The molecule has 0 aliphatic carbocycles. The standard InChI is InChI=1S/C9H15BrN2O2S2/c1-6(5-16(3,13)14)12-7(2)9-11-4-8(10)15-9/h4,6-7,12H,5H2,1-3H3. The van der Waals surface area contributed by atoms with E-state index in [1.807, 2.05) is 13.8 Å². The highest BCUT2D eigenvalue weighted by molar-refractivity contribution is 9.11. The predicted molar refractivity (Wildman–Crippen MR) is 70.5 cm³/mol. The largest absolute Gasteiger partial charge is 0.305 e. The summed E-state index contributed by atoms with van der Waals surface area (Å²) in [7, 11) is -2.93. The Morgan fingerprint density at radius 2 is 2.19 bits per heavy atom. The lowest BCUT2D eigenvalue weighted by Crippen LogP contribution is -2.34. The maximum atomic E-state index is 11.1. The first-order valence-electron chi connectivity index (χ1n) is 4.83. The summed E-state index contributed by atoms with van der Waals surface area (Å²) in [5, 5.41) is 4.17. The number of sulfone groups is 1. The van der Waals surface area contributed by atoms with Crippen molar-refractivity contribution in [2.75, 3.05) is 12.0 Å². The van der Waals surface area contributed by atoms with Crippen molar-refractivity contribution in [3.05, 3.63) is 15.0 Å². The lowest BCUT2D eigenvalue weighted by atomic mass is 10.3. The Bertz CT molecular complexity index is 444. The van der Waals surface area contributed by atoms with Gasteiger partial charge in [-0.05, 0) is 29.8 Å². The molecule has 0 fully saturated rings. The Balaban J connectivity index is 2.55. The van der Waals surface area contributed by atoms with Crippen LogP contribution in [0.4, 0.5) is 0 Å². The molecule has 1 aromatic rings. The number of nitrogens with one attached hydrogen (secondary N) is 1. The van der Waals surface area contributed by atoms with Crippen LogP contribution in [0, 0.1) is 0 Å². The SMILES string of the molecule is CC(CS(C)(=O)=O)NC(C)c1ncc(Br)s1. The minimum Gasteiger partial charge on any atom is -0.305 e. The van der Waals surface area contributed by atoms with Crippen LogP contribution in [0.15, 0.2) is 9.98 Å². The molecule has 7 heteroatoms. The minimum absolute atomic E-state index is 0.0630. The molecular weight excluding hydrogens is 312 g/mol. The second-order valence-corrected chi connectivity index (χ2v) is 8.51. The van der Waals surface area contributed by atoms with Crippen molar-refractivity contribution in [3.8, 4) is 0 Å². The number of halogens is 1. The summed E-state index contributed by atoms with van der Waals surface area (Å²) in [5.41, 5.74) is 0. The van der Waals surface area contributed by atoms with Crippen LogP contribution in [-0.2, 0) is 9.84 Å². The Morgan fingerprint density at radius 3 is 2.62 bits per heavy atom. The van der Waals surface area contributed by atoms with Gasteiger partial charge in [-0.1, -0.05) is 0 Å². The fourth-order valence-corrected chi connectivity index (χ4v) is 3.73. The van der Waals surface area contributed by atoms with Gasteiger partial charge in [-0.15, -0.1) is 11.3 Å². The topological polar surface area (TPSA) is 59.1 Å². The highest BCUT2D eigenvalue weighted by atomic mass is 79.9. The lowest BCUT2D eigenvalue weighted by molar-refractivity contribution is 0.499. The van der Waals surface area contributed by atoms with Gasteiger partial charge in [0.2, 0.25) is 0 Å². The Kier molecular flexibility index (Phi) is 4.90. The molecule has 1 N–H and O–H groups in total. The molecule has 1 rings (SSSR count). The second-order valence-electron chi connectivity index (χ2n) is 3.88. The molecule has 16 heavy (non-hydrogen) atoms. The first-order valence-corrected chi connectivity index (χ1v) is 8.50. The molecule has 0 bridgehead atoms. The smallest absolute Gasteiger partial charge is 0.148 e. The van der Waals surface area contributed by atoms with E-state index >= 15 is 0 Å². The van der Waals surface area contributed by atoms with E-state index in [9.17, 15) is 8.42 Å². The molecule has 0 aliphatic rings. The van der Waals surface area contributed by atoms with Crippen LogP contribution in [0.25, 0.3) is 0 Å². The van der Waals surface area contributed by atoms with E-state index < -0.39 is 9.84 Å². The number of nitrogens with zero attached hydrogens (tertiary/aromatic N) is 1. The van der Waals surface area contributed by atoms with Gasteiger partial charge < -0.3 is 5.32 Å². The summed E-state index contributed by atoms with van der Waals surface area (Å²) in [6, 6.07) is -0.0132. The molecule has 2 atom stereocenters. The zero-order chi connectivity index (χ0) is 12.3. The summed E-state index contributed by atoms with van der Waals surface area (Å²) in [6.07, 6.45) is 3.00. The molecule has 0 radical (unpaired) electrons. The molecule has 0 aromatic carbocycles. The molecule has 1 heterocycles. The van der Waals surface area contributed by atoms with E-state index in [-0.39, 0.29) is 17.8 Å². The zero-order valence-electron chi connectivity index (χ0n) is 9.40. The summed E-state index contributed by atoms with van der Waals surface area (Å²) in [5.74, 6) is 0.143. The maximum Gasteiger partial charge on any atom is 0.148 e. The van der Waals surface area contributed by atoms with Crippen LogP contribution in [0.5, 0.6) is 0 Å². The van der Waals surface area contributed by atoms with Gasteiger partial charge >= 0.3 is 0 Å². The van der Waals surface area contributed by atoms with Gasteiger partial charge in [0.1, 0.15) is 14.8 Å². The van der Waals surface area contributed by atoms with E-state index in [4.69, 9.17) is 0 Å². The quantitative estimate of drug-likeness (QED) is 0.898. The van der Waals surface area contributed by atoms with E-state index in [1.165, 1.54) is 6.26 Å². The van der Waals surface area contributed by atoms with Gasteiger partial charge in [-0.25, -0.2) is 13.4 Å². The molecule has 1 aromatic heterocycles. The Hall–Kier alpha value is 0.0200. The van der Waals surface area contributed by atoms with Crippen LogP contribution in [0.1, 0.15) is 24.9 Å². The van der Waals surface area contributed by atoms with Crippen molar-refractivity contribution in [2.24, 2.45) is 0 Å². The van der Waals surface area contributed by atoms with Gasteiger partial charge in [-0.3, -0.25) is 0 Å². The summed E-state index contributed by atoms with van der Waals surface area (Å²) in [4.78, 5) is 4.22. The monoisotopic (exact) mass is 326 g/mol. The highest BCUT2D eigenvalue weighted by Crippen LogP contribution is 2.24. The van der Waals surface area contributed by atoms with E-state index in [1.54, 1.807) is 17.5 Å². The van der Waals surface area contributed by atoms with Crippen LogP contribution < -0.4 is 5.32 Å². The number of hydrogen-bond acceptors (Lipinski definition) is 5. The van der Waals surface area contributed by atoms with E-state index in [0.717, 1.165) is 8.79 Å². The van der Waals surface area contributed by atoms with Crippen LogP contribution in [-0.4, -0.2) is 31.5 Å². The van der Waals surface area contributed by atoms with Gasteiger partial charge in [0, 0.05) is 12.3 Å². The first kappa shape index (κ1) is 14.1. The third kappa shape index (κ3) is 4.90. The molecule has 0 spiro atoms. The van der Waals surface area contributed by atoms with Crippen LogP contribution in [0.2, 0.25) is 0 Å². The number of rotatable bonds is 5. The van der Waals surface area contributed by atoms with Crippen LogP contribution in [0.3, 0.4) is 0 Å². The van der Waals surface area contributed by atoms with E-state index in [0.29, 0.717) is 0 Å². The van der Waals surface area contributed by atoms with Crippen molar-refractivity contribution in [3.63, 3.8) is 0 Å². The van der Waals surface area contributed by atoms with Crippen LogP contribution >= 0.6 is 27.3 Å². The number of thiazole rings is 1. The molecular formula is C9H15BrN2O2S2. The van der Waals surface area contributed by atoms with Crippen molar-refractivity contribution >= 4 is 37.1 Å². The molecule has 0 amide bonds. The normalized spacial score (nSPS) is 16.0. The van der Waals surface area contributed by atoms with Crippen molar-refractivity contribution in [1.82, 2.24) is 10.3 Å². The maximum absolute atomic E-state index is 11.1. The molecule has 92 valence electrons. The second kappa shape index (κ2) is 5.57. The fraction of sp³-hybridized carbons (Fsp3) is 0.667. The molecule has 4 nitrogen and oxygen atoms in total. The molecule has 0 saturated heterocycles. The molecule has 2 unspecified atom stereocenters. The predicted octanol–water partition coefficient (Wildman–Crippen LogP) is 1.99. The molecule has 0 aliphatic heterocycles. The van der Waals surface area contributed by atoms with Crippen molar-refractivity contribution in [2.45, 2.75) is 25.9 Å². The van der Waals surface area contributed by atoms with Gasteiger partial charge in [0.05, 0.1) is 21.8 Å². The summed E-state index contributed by atoms with van der Waals surface area (Å²) < 4.78 is 23.2.